The average Bonchev–Trinajstić information content (AvgIpc) is 3.00. The summed E-state index contributed by atoms with van der Waals surface area (Å²) in [7, 11) is 1.61. The number of ether oxygens (including phenoxy) is 1. The highest BCUT2D eigenvalue weighted by Gasteiger charge is 2.34. The fourth-order valence-corrected chi connectivity index (χ4v) is 4.81. The maximum absolute atomic E-state index is 12.7. The van der Waals surface area contributed by atoms with Crippen LogP contribution in [0.3, 0.4) is 0 Å². The molecule has 1 aliphatic heterocycles. The summed E-state index contributed by atoms with van der Waals surface area (Å²) in [4.78, 5) is 23.9. The Morgan fingerprint density at radius 3 is 2.43 bits per heavy atom. The maximum atomic E-state index is 12.7. The number of rotatable bonds is 4. The van der Waals surface area contributed by atoms with Crippen molar-refractivity contribution in [3.05, 3.63) is 70.9 Å². The molecule has 0 aliphatic carbocycles. The van der Waals surface area contributed by atoms with Crippen molar-refractivity contribution < 1.29 is 19.4 Å². The van der Waals surface area contributed by atoms with Gasteiger partial charge in [0.2, 0.25) is 5.91 Å². The number of aryl methyl sites for hydroxylation is 1. The Morgan fingerprint density at radius 2 is 1.83 bits per heavy atom. The molecule has 0 unspecified atom stereocenters. The summed E-state index contributed by atoms with van der Waals surface area (Å²) in [5.74, 6) is 0.301. The average molecular weight is 423 g/mol. The number of carboxylic acids is 1. The number of hydrogen-bond acceptors (Lipinski definition) is 5. The number of methoxy groups -OCH3 is 1. The van der Waals surface area contributed by atoms with Crippen LogP contribution >= 0.6 is 11.8 Å². The van der Waals surface area contributed by atoms with Gasteiger partial charge in [-0.2, -0.15) is 5.10 Å². The Bertz CT molecular complexity index is 1110. The summed E-state index contributed by atoms with van der Waals surface area (Å²) >= 11 is 1.52. The molecule has 2 heterocycles. The van der Waals surface area contributed by atoms with Crippen LogP contribution in [0.4, 0.5) is 5.82 Å². The second-order valence-electron chi connectivity index (χ2n) is 7.03. The maximum Gasteiger partial charge on any atom is 0.335 e. The van der Waals surface area contributed by atoms with E-state index in [1.54, 1.807) is 36.1 Å². The SMILES string of the molecule is COc1ccc(-n2nc(C)c3c2NC(=O)[C@H](C)S[C@@H]3c2ccc(C(=O)O)cc2)cc1. The Hall–Kier alpha value is -3.26. The highest BCUT2D eigenvalue weighted by Crippen LogP contribution is 2.46. The Kier molecular flexibility index (Phi) is 5.26. The van der Waals surface area contributed by atoms with Gasteiger partial charge in [0, 0.05) is 5.56 Å². The molecule has 154 valence electrons. The molecular formula is C22H21N3O4S. The van der Waals surface area contributed by atoms with E-state index >= 15 is 0 Å². The van der Waals surface area contributed by atoms with Gasteiger partial charge in [0.15, 0.2) is 0 Å². The van der Waals surface area contributed by atoms with Crippen LogP contribution in [0.25, 0.3) is 5.69 Å². The van der Waals surface area contributed by atoms with Crippen LogP contribution in [-0.4, -0.2) is 39.1 Å². The lowest BCUT2D eigenvalue weighted by molar-refractivity contribution is -0.115. The van der Waals surface area contributed by atoms with Gasteiger partial charge in [-0.1, -0.05) is 12.1 Å². The number of aromatic carboxylic acids is 1. The van der Waals surface area contributed by atoms with Gasteiger partial charge in [0.1, 0.15) is 11.6 Å². The third-order valence-electron chi connectivity index (χ3n) is 5.10. The first-order chi connectivity index (χ1) is 14.4. The Morgan fingerprint density at radius 1 is 1.17 bits per heavy atom. The van der Waals surface area contributed by atoms with Crippen LogP contribution in [0, 0.1) is 6.92 Å². The molecule has 2 atom stereocenters. The minimum Gasteiger partial charge on any atom is -0.497 e. The minimum atomic E-state index is -0.968. The molecule has 0 saturated carbocycles. The van der Waals surface area contributed by atoms with Crippen LogP contribution in [0.15, 0.2) is 48.5 Å². The summed E-state index contributed by atoms with van der Waals surface area (Å²) in [5.41, 5.74) is 3.67. The zero-order valence-electron chi connectivity index (χ0n) is 16.7. The van der Waals surface area contributed by atoms with Crippen molar-refractivity contribution in [2.45, 2.75) is 24.3 Å². The lowest BCUT2D eigenvalue weighted by Gasteiger charge is -2.17. The summed E-state index contributed by atoms with van der Waals surface area (Å²) in [6, 6.07) is 14.2. The molecule has 2 N–H and O–H groups in total. The number of fused-ring (bicyclic) bond motifs is 1. The van der Waals surface area contributed by atoms with Crippen molar-refractivity contribution in [2.24, 2.45) is 0 Å². The topological polar surface area (TPSA) is 93.5 Å². The number of hydrogen-bond donors (Lipinski definition) is 2. The number of carbonyl (C=O) groups is 2. The molecule has 0 spiro atoms. The fraction of sp³-hybridized carbons (Fsp3) is 0.227. The standard InChI is InChI=1S/C22H21N3O4S/c1-12-18-19(14-4-6-15(7-5-14)22(27)28)30-13(2)21(26)23-20(18)25(24-12)16-8-10-17(29-3)11-9-16/h4-11,13,19H,1-3H3,(H,23,26)(H,27,28)/t13-,19+/m0/s1. The van der Waals surface area contributed by atoms with Crippen LogP contribution in [-0.2, 0) is 4.79 Å². The highest BCUT2D eigenvalue weighted by molar-refractivity contribution is 8.01. The van der Waals surface area contributed by atoms with Gasteiger partial charge < -0.3 is 15.2 Å². The van der Waals surface area contributed by atoms with Gasteiger partial charge in [-0.05, 0) is 55.8 Å². The molecular weight excluding hydrogens is 402 g/mol. The quantitative estimate of drug-likeness (QED) is 0.658. The Balaban J connectivity index is 1.84. The van der Waals surface area contributed by atoms with E-state index in [1.165, 1.54) is 11.8 Å². The van der Waals surface area contributed by atoms with Crippen LogP contribution < -0.4 is 10.1 Å². The van der Waals surface area contributed by atoms with E-state index < -0.39 is 5.97 Å². The van der Waals surface area contributed by atoms with Crippen molar-refractivity contribution in [3.8, 4) is 11.4 Å². The summed E-state index contributed by atoms with van der Waals surface area (Å²) < 4.78 is 6.97. The molecule has 1 amide bonds. The first kappa shape index (κ1) is 20.0. The Labute approximate surface area is 178 Å². The smallest absolute Gasteiger partial charge is 0.335 e. The zero-order valence-corrected chi connectivity index (χ0v) is 17.6. The second-order valence-corrected chi connectivity index (χ2v) is 8.48. The van der Waals surface area contributed by atoms with E-state index in [4.69, 9.17) is 9.84 Å². The van der Waals surface area contributed by atoms with E-state index in [1.807, 2.05) is 38.1 Å². The van der Waals surface area contributed by atoms with E-state index in [-0.39, 0.29) is 22.0 Å². The van der Waals surface area contributed by atoms with Gasteiger partial charge >= 0.3 is 5.97 Å². The number of amides is 1. The molecule has 1 aliphatic rings. The minimum absolute atomic E-state index is 0.0967. The van der Waals surface area contributed by atoms with Gasteiger partial charge in [0.25, 0.3) is 0 Å². The van der Waals surface area contributed by atoms with Crippen LogP contribution in [0.1, 0.15) is 39.4 Å². The van der Waals surface area contributed by atoms with Crippen molar-refractivity contribution >= 4 is 29.5 Å². The van der Waals surface area contributed by atoms with E-state index in [9.17, 15) is 14.7 Å². The number of nitrogens with one attached hydrogen (secondary N) is 1. The summed E-state index contributed by atoms with van der Waals surface area (Å²) in [5, 5.41) is 16.5. The number of anilines is 1. The molecule has 7 nitrogen and oxygen atoms in total. The number of carbonyl (C=O) groups excluding carboxylic acids is 1. The van der Waals surface area contributed by atoms with E-state index in [0.29, 0.717) is 5.82 Å². The number of nitrogens with zero attached hydrogens (tertiary/aromatic N) is 2. The monoisotopic (exact) mass is 423 g/mol. The molecule has 0 bridgehead atoms. The van der Waals surface area contributed by atoms with Crippen molar-refractivity contribution in [1.82, 2.24) is 9.78 Å². The molecule has 0 saturated heterocycles. The fourth-order valence-electron chi connectivity index (χ4n) is 3.48. The lowest BCUT2D eigenvalue weighted by atomic mass is 10.0. The van der Waals surface area contributed by atoms with Gasteiger partial charge in [0.05, 0.1) is 34.6 Å². The zero-order chi connectivity index (χ0) is 21.4. The number of aromatic nitrogens is 2. The third kappa shape index (κ3) is 3.54. The van der Waals surface area contributed by atoms with Gasteiger partial charge in [-0.15, -0.1) is 11.8 Å². The summed E-state index contributed by atoms with van der Waals surface area (Å²) in [6.45, 7) is 3.78. The lowest BCUT2D eigenvalue weighted by Crippen LogP contribution is -2.22. The van der Waals surface area contributed by atoms with Crippen molar-refractivity contribution in [3.63, 3.8) is 0 Å². The second kappa shape index (κ2) is 7.87. The van der Waals surface area contributed by atoms with Gasteiger partial charge in [-0.25, -0.2) is 9.48 Å². The van der Waals surface area contributed by atoms with Crippen LogP contribution in [0.5, 0.6) is 5.75 Å². The van der Waals surface area contributed by atoms with Crippen molar-refractivity contribution in [2.75, 3.05) is 12.4 Å². The predicted octanol–water partition coefficient (Wildman–Crippen LogP) is 4.05. The molecule has 0 fully saturated rings. The largest absolute Gasteiger partial charge is 0.497 e. The van der Waals surface area contributed by atoms with E-state index in [2.05, 4.69) is 5.32 Å². The predicted molar refractivity (Wildman–Crippen MR) is 116 cm³/mol. The van der Waals surface area contributed by atoms with Crippen LogP contribution in [0.2, 0.25) is 0 Å². The first-order valence-corrected chi connectivity index (χ1v) is 10.4. The molecule has 8 heteroatoms. The molecule has 2 aromatic carbocycles. The molecule has 30 heavy (non-hydrogen) atoms. The molecule has 1 aromatic heterocycles. The normalized spacial score (nSPS) is 18.3. The highest BCUT2D eigenvalue weighted by atomic mass is 32.2. The van der Waals surface area contributed by atoms with E-state index in [0.717, 1.165) is 28.3 Å². The molecule has 4 rings (SSSR count). The number of benzene rings is 2. The molecule has 3 aromatic rings. The third-order valence-corrected chi connectivity index (χ3v) is 6.50. The summed E-state index contributed by atoms with van der Waals surface area (Å²) in [6.07, 6.45) is 0. The first-order valence-electron chi connectivity index (χ1n) is 9.42. The molecule has 0 radical (unpaired) electrons. The number of carboxylic acid groups (broad SMARTS) is 1. The number of thioether (sulfide) groups is 1. The van der Waals surface area contributed by atoms with Gasteiger partial charge in [-0.3, -0.25) is 4.79 Å². The van der Waals surface area contributed by atoms with Crippen molar-refractivity contribution in [1.29, 1.82) is 0 Å².